The van der Waals surface area contributed by atoms with E-state index >= 15 is 0 Å². The number of likely N-dealkylation sites (N-methyl/N-ethyl adjacent to an activating group) is 1. The molecule has 6 atom stereocenters. The van der Waals surface area contributed by atoms with Gasteiger partial charge >= 0.3 is 6.03 Å². The van der Waals surface area contributed by atoms with Gasteiger partial charge in [0.05, 0.1) is 24.9 Å². The fourth-order valence-corrected chi connectivity index (χ4v) is 6.08. The van der Waals surface area contributed by atoms with Crippen molar-refractivity contribution < 1.29 is 24.5 Å². The van der Waals surface area contributed by atoms with Gasteiger partial charge < -0.3 is 30.3 Å². The second-order valence-electron chi connectivity index (χ2n) is 12.4. The van der Waals surface area contributed by atoms with E-state index < -0.39 is 12.4 Å². The first-order chi connectivity index (χ1) is 22.8. The molecule has 1 aliphatic rings. The zero-order chi connectivity index (χ0) is 33.3. The first-order valence-electron chi connectivity index (χ1n) is 16.4. The lowest BCUT2D eigenvalue weighted by atomic mass is 9.89. The van der Waals surface area contributed by atoms with Crippen LogP contribution in [0.3, 0.4) is 0 Å². The molecule has 0 unspecified atom stereocenters. The van der Waals surface area contributed by atoms with Gasteiger partial charge in [-0.15, -0.1) is 0 Å². The number of ether oxygens (including phenoxy) is 2. The molecule has 4 aromatic carbocycles. The van der Waals surface area contributed by atoms with Crippen molar-refractivity contribution in [3.05, 3.63) is 131 Å². The normalized spacial score (nSPS) is 20.8. The molecule has 248 valence electrons. The standard InChI is InChI=1S/C39H47N3O5/c1-5-40-39(45)41-23-29-11-9-14-32(21-29)33-15-10-16-34(22-33)38-46-35(24-42(4)27(3)36(44)30-12-7-6-8-13-30)26(2)37(47-38)31-19-17-28(25-43)18-20-31/h6-22,26-27,35-38,43-44H,5,23-25H2,1-4H3,(H2,40,41,45)/t26-,27+,35+,36+,37+,38+/m0/s1. The lowest BCUT2D eigenvalue weighted by molar-refractivity contribution is -0.276. The molecule has 5 rings (SSSR count). The predicted molar refractivity (Wildman–Crippen MR) is 184 cm³/mol. The summed E-state index contributed by atoms with van der Waals surface area (Å²) in [6.45, 7) is 7.65. The van der Waals surface area contributed by atoms with Crippen LogP contribution in [-0.2, 0) is 22.6 Å². The number of carbonyl (C=O) groups is 1. The summed E-state index contributed by atoms with van der Waals surface area (Å²) in [6, 6.07) is 33.7. The highest BCUT2D eigenvalue weighted by Crippen LogP contribution is 2.42. The van der Waals surface area contributed by atoms with Gasteiger partial charge in [-0.05, 0) is 66.4 Å². The van der Waals surface area contributed by atoms with Crippen molar-refractivity contribution in [2.24, 2.45) is 5.92 Å². The summed E-state index contributed by atoms with van der Waals surface area (Å²) in [4.78, 5) is 14.1. The van der Waals surface area contributed by atoms with Crippen LogP contribution in [0.5, 0.6) is 0 Å². The van der Waals surface area contributed by atoms with Crippen LogP contribution in [0.25, 0.3) is 11.1 Å². The molecule has 1 aliphatic heterocycles. The summed E-state index contributed by atoms with van der Waals surface area (Å²) >= 11 is 0. The molecule has 4 N–H and O–H groups in total. The van der Waals surface area contributed by atoms with Crippen LogP contribution >= 0.6 is 0 Å². The Labute approximate surface area is 278 Å². The van der Waals surface area contributed by atoms with E-state index in [1.165, 1.54) is 0 Å². The molecule has 0 aliphatic carbocycles. The van der Waals surface area contributed by atoms with Crippen LogP contribution in [0.15, 0.2) is 103 Å². The van der Waals surface area contributed by atoms with Crippen molar-refractivity contribution in [1.29, 1.82) is 0 Å². The molecule has 1 saturated heterocycles. The van der Waals surface area contributed by atoms with Crippen molar-refractivity contribution in [2.75, 3.05) is 20.1 Å². The Morgan fingerprint density at radius 3 is 2.26 bits per heavy atom. The van der Waals surface area contributed by atoms with E-state index in [1.54, 1.807) is 0 Å². The van der Waals surface area contributed by atoms with Gasteiger partial charge in [-0.3, -0.25) is 4.90 Å². The molecular weight excluding hydrogens is 590 g/mol. The first kappa shape index (κ1) is 34.3. The van der Waals surface area contributed by atoms with Gasteiger partial charge in [0, 0.05) is 37.2 Å². The van der Waals surface area contributed by atoms with Crippen LogP contribution in [0, 0.1) is 5.92 Å². The Kier molecular flexibility index (Phi) is 11.8. The molecule has 8 nitrogen and oxygen atoms in total. The van der Waals surface area contributed by atoms with Crippen LogP contribution in [0.4, 0.5) is 4.79 Å². The van der Waals surface area contributed by atoms with Crippen molar-refractivity contribution in [2.45, 2.75) is 64.6 Å². The lowest BCUT2D eigenvalue weighted by Gasteiger charge is -2.43. The second-order valence-corrected chi connectivity index (χ2v) is 12.4. The van der Waals surface area contributed by atoms with Crippen LogP contribution in [0.2, 0.25) is 0 Å². The molecule has 1 heterocycles. The Bertz CT molecular complexity index is 1580. The summed E-state index contributed by atoms with van der Waals surface area (Å²) in [5.41, 5.74) is 6.71. The average molecular weight is 638 g/mol. The number of urea groups is 1. The molecule has 0 aromatic heterocycles. The third-order valence-corrected chi connectivity index (χ3v) is 9.09. The SMILES string of the molecule is CCNC(=O)NCc1cccc(-c2cccc([C@@H]3O[C@H](CN(C)[C@H](C)[C@@H](O)c4ccccc4)[C@H](C)[C@H](c4ccc(CO)cc4)O3)c2)c1. The highest BCUT2D eigenvalue weighted by atomic mass is 16.7. The quantitative estimate of drug-likeness (QED) is 0.141. The summed E-state index contributed by atoms with van der Waals surface area (Å²) in [7, 11) is 2.02. The molecule has 4 aromatic rings. The number of aliphatic hydroxyl groups is 2. The van der Waals surface area contributed by atoms with Gasteiger partial charge in [0.25, 0.3) is 0 Å². The first-order valence-corrected chi connectivity index (χ1v) is 16.4. The number of nitrogens with one attached hydrogen (secondary N) is 2. The maximum absolute atomic E-state index is 11.9. The minimum atomic E-state index is -0.641. The van der Waals surface area contributed by atoms with Gasteiger partial charge in [-0.1, -0.05) is 97.9 Å². The zero-order valence-electron chi connectivity index (χ0n) is 27.7. The van der Waals surface area contributed by atoms with E-state index in [0.29, 0.717) is 19.6 Å². The second kappa shape index (κ2) is 16.2. The number of hydrogen-bond acceptors (Lipinski definition) is 6. The van der Waals surface area contributed by atoms with Gasteiger partial charge in [-0.25, -0.2) is 4.79 Å². The number of hydrogen-bond donors (Lipinski definition) is 4. The molecule has 0 radical (unpaired) electrons. The van der Waals surface area contributed by atoms with E-state index in [9.17, 15) is 15.0 Å². The van der Waals surface area contributed by atoms with Crippen molar-refractivity contribution in [3.63, 3.8) is 0 Å². The maximum atomic E-state index is 11.9. The maximum Gasteiger partial charge on any atom is 0.315 e. The summed E-state index contributed by atoms with van der Waals surface area (Å²) in [5, 5.41) is 26.4. The Morgan fingerprint density at radius 2 is 1.55 bits per heavy atom. The zero-order valence-corrected chi connectivity index (χ0v) is 27.7. The number of amides is 2. The van der Waals surface area contributed by atoms with E-state index in [0.717, 1.165) is 38.9 Å². The van der Waals surface area contributed by atoms with E-state index in [1.807, 2.05) is 99.8 Å². The number of carbonyl (C=O) groups excluding carboxylic acids is 1. The van der Waals surface area contributed by atoms with Crippen molar-refractivity contribution >= 4 is 6.03 Å². The summed E-state index contributed by atoms with van der Waals surface area (Å²) in [5.74, 6) is 0.00650. The molecule has 2 amide bonds. The number of nitrogens with zero attached hydrogens (tertiary/aromatic N) is 1. The van der Waals surface area contributed by atoms with Crippen LogP contribution in [-0.4, -0.2) is 53.4 Å². The molecule has 0 bridgehead atoms. The minimum Gasteiger partial charge on any atom is -0.392 e. The Morgan fingerprint density at radius 1 is 0.851 bits per heavy atom. The molecule has 47 heavy (non-hydrogen) atoms. The lowest BCUT2D eigenvalue weighted by Crippen LogP contribution is -2.46. The highest BCUT2D eigenvalue weighted by Gasteiger charge is 2.39. The van der Waals surface area contributed by atoms with Gasteiger partial charge in [0.2, 0.25) is 0 Å². The van der Waals surface area contributed by atoms with Crippen LogP contribution < -0.4 is 10.6 Å². The number of benzene rings is 4. The fraction of sp³-hybridized carbons (Fsp3) is 0.359. The van der Waals surface area contributed by atoms with E-state index in [-0.39, 0.29) is 36.8 Å². The summed E-state index contributed by atoms with van der Waals surface area (Å²) < 4.78 is 13.5. The number of rotatable bonds is 12. The Balaban J connectivity index is 1.39. The third kappa shape index (κ3) is 8.66. The third-order valence-electron chi connectivity index (χ3n) is 9.09. The van der Waals surface area contributed by atoms with E-state index in [2.05, 4.69) is 46.7 Å². The molecular formula is C39H47N3O5. The predicted octanol–water partition coefficient (Wildman–Crippen LogP) is 6.51. The smallest absolute Gasteiger partial charge is 0.315 e. The van der Waals surface area contributed by atoms with Crippen molar-refractivity contribution in [3.8, 4) is 11.1 Å². The van der Waals surface area contributed by atoms with Gasteiger partial charge in [0.15, 0.2) is 6.29 Å². The average Bonchev–Trinajstić information content (AvgIpc) is 3.11. The molecule has 0 spiro atoms. The molecule has 0 saturated carbocycles. The molecule has 8 heteroatoms. The minimum absolute atomic E-state index is 0.00650. The molecule has 1 fully saturated rings. The van der Waals surface area contributed by atoms with Crippen molar-refractivity contribution in [1.82, 2.24) is 15.5 Å². The topological polar surface area (TPSA) is 103 Å². The van der Waals surface area contributed by atoms with E-state index in [4.69, 9.17) is 9.47 Å². The monoisotopic (exact) mass is 637 g/mol. The highest BCUT2D eigenvalue weighted by molar-refractivity contribution is 5.74. The Hall–Kier alpha value is -4.05. The number of aliphatic hydroxyl groups excluding tert-OH is 2. The fourth-order valence-electron chi connectivity index (χ4n) is 6.08. The summed E-state index contributed by atoms with van der Waals surface area (Å²) in [6.07, 6.45) is -1.71. The van der Waals surface area contributed by atoms with Crippen LogP contribution in [0.1, 0.15) is 67.1 Å². The van der Waals surface area contributed by atoms with Gasteiger partial charge in [0.1, 0.15) is 0 Å². The largest absolute Gasteiger partial charge is 0.392 e. The van der Waals surface area contributed by atoms with Gasteiger partial charge in [-0.2, -0.15) is 0 Å².